The van der Waals surface area contributed by atoms with E-state index in [9.17, 15) is 24.3 Å². The molecule has 3 aliphatic heterocycles. The smallest absolute Gasteiger partial charge is 0.313 e. The van der Waals surface area contributed by atoms with Crippen LogP contribution in [0.3, 0.4) is 0 Å². The number of benzene rings is 1. The number of likely N-dealkylation sites (tertiary alicyclic amines) is 1. The number of unbranched alkanes of at least 4 members (excludes halogenated alkanes) is 1. The summed E-state index contributed by atoms with van der Waals surface area (Å²) in [4.78, 5) is 59.4. The second-order valence-corrected chi connectivity index (χ2v) is 13.5. The number of ether oxygens (including phenoxy) is 2. The molecular formula is C37H51N3O7. The van der Waals surface area contributed by atoms with Crippen molar-refractivity contribution in [3.63, 3.8) is 0 Å². The molecule has 3 heterocycles. The Labute approximate surface area is 278 Å². The molecule has 0 aromatic heterocycles. The predicted molar refractivity (Wildman–Crippen MR) is 177 cm³/mol. The molecule has 256 valence electrons. The van der Waals surface area contributed by atoms with Crippen LogP contribution < -0.4 is 5.32 Å². The van der Waals surface area contributed by atoms with Crippen LogP contribution in [0.1, 0.15) is 89.2 Å². The van der Waals surface area contributed by atoms with Crippen molar-refractivity contribution < 1.29 is 33.8 Å². The third-order valence-corrected chi connectivity index (χ3v) is 10.5. The van der Waals surface area contributed by atoms with Crippen LogP contribution in [0.15, 0.2) is 55.6 Å². The van der Waals surface area contributed by atoms with E-state index >= 15 is 0 Å². The second-order valence-electron chi connectivity index (χ2n) is 13.5. The Morgan fingerprint density at radius 1 is 1.13 bits per heavy atom. The van der Waals surface area contributed by atoms with Crippen LogP contribution in [0.25, 0.3) is 0 Å². The lowest BCUT2D eigenvalue weighted by Gasteiger charge is -2.40. The molecule has 1 aromatic rings. The highest BCUT2D eigenvalue weighted by Gasteiger charge is 2.75. The molecule has 0 unspecified atom stereocenters. The van der Waals surface area contributed by atoms with Crippen LogP contribution >= 0.6 is 0 Å². The normalized spacial score (nSPS) is 28.0. The van der Waals surface area contributed by atoms with Crippen molar-refractivity contribution in [3.8, 4) is 0 Å². The number of fused-ring (bicyclic) bond motifs is 1. The van der Waals surface area contributed by atoms with E-state index in [-0.39, 0.29) is 43.3 Å². The number of nitrogens with one attached hydrogen (secondary N) is 1. The minimum atomic E-state index is -1.14. The zero-order valence-electron chi connectivity index (χ0n) is 27.7. The molecule has 1 spiro atoms. The summed E-state index contributed by atoms with van der Waals surface area (Å²) in [6.45, 7) is 10.1. The topological polar surface area (TPSA) is 125 Å². The first-order valence-corrected chi connectivity index (χ1v) is 17.4. The summed E-state index contributed by atoms with van der Waals surface area (Å²) in [6, 6.07) is 7.91. The Bertz CT molecular complexity index is 1300. The van der Waals surface area contributed by atoms with Crippen LogP contribution in [-0.4, -0.2) is 88.1 Å². The van der Waals surface area contributed by atoms with Crippen molar-refractivity contribution in [2.24, 2.45) is 11.8 Å². The molecule has 10 nitrogen and oxygen atoms in total. The number of aliphatic hydroxyl groups is 1. The quantitative estimate of drug-likeness (QED) is 0.156. The first-order chi connectivity index (χ1) is 22.8. The van der Waals surface area contributed by atoms with Crippen molar-refractivity contribution in [3.05, 3.63) is 61.2 Å². The molecule has 2 bridgehead atoms. The SMILES string of the molecule is C=CCCC(=O)N[C@@H](C)[C@H](OC(=O)[C@@H]1[C@@H]2CC[C@]3(O2)[C@H](C(=O)N(CC=C)C2CCCCC2)N(CCCCO)C(=O)[C@@H]13)c1ccccc1. The number of amides is 3. The highest BCUT2D eigenvalue weighted by molar-refractivity contribution is 5.98. The zero-order valence-corrected chi connectivity index (χ0v) is 27.7. The second kappa shape index (κ2) is 15.6. The maximum atomic E-state index is 14.6. The fraction of sp³-hybridized carbons (Fsp3) is 0.622. The first-order valence-electron chi connectivity index (χ1n) is 17.4. The number of esters is 1. The summed E-state index contributed by atoms with van der Waals surface area (Å²) in [7, 11) is 0. The van der Waals surface area contributed by atoms with E-state index in [1.54, 1.807) is 24.0 Å². The number of carbonyl (C=O) groups is 4. The molecule has 10 heteroatoms. The van der Waals surface area contributed by atoms with E-state index < -0.39 is 47.7 Å². The van der Waals surface area contributed by atoms with Gasteiger partial charge in [-0.15, -0.1) is 13.2 Å². The van der Waals surface area contributed by atoms with Crippen molar-refractivity contribution >= 4 is 23.7 Å². The highest BCUT2D eigenvalue weighted by atomic mass is 16.6. The first kappa shape index (κ1) is 34.8. The maximum absolute atomic E-state index is 14.6. The third-order valence-electron chi connectivity index (χ3n) is 10.5. The minimum absolute atomic E-state index is 0.0173. The number of nitrogens with zero attached hydrogens (tertiary/aromatic N) is 2. The molecule has 47 heavy (non-hydrogen) atoms. The fourth-order valence-electron chi connectivity index (χ4n) is 8.38. The van der Waals surface area contributed by atoms with E-state index in [1.807, 2.05) is 35.2 Å². The molecular weight excluding hydrogens is 598 g/mol. The van der Waals surface area contributed by atoms with Crippen LogP contribution in [-0.2, 0) is 28.7 Å². The van der Waals surface area contributed by atoms with Crippen LogP contribution in [0.2, 0.25) is 0 Å². The molecule has 1 aliphatic carbocycles. The van der Waals surface area contributed by atoms with Gasteiger partial charge in [0.1, 0.15) is 17.7 Å². The van der Waals surface area contributed by atoms with E-state index in [1.165, 1.54) is 0 Å². The van der Waals surface area contributed by atoms with Crippen molar-refractivity contribution in [2.45, 2.75) is 113 Å². The van der Waals surface area contributed by atoms with Crippen molar-refractivity contribution in [1.29, 1.82) is 0 Å². The monoisotopic (exact) mass is 649 g/mol. The fourth-order valence-corrected chi connectivity index (χ4v) is 8.38. The van der Waals surface area contributed by atoms with Gasteiger partial charge in [-0.3, -0.25) is 19.2 Å². The lowest BCUT2D eigenvalue weighted by Crippen LogP contribution is -2.58. The highest BCUT2D eigenvalue weighted by Crippen LogP contribution is 2.59. The van der Waals surface area contributed by atoms with Crippen LogP contribution in [0, 0.1) is 11.8 Å². The summed E-state index contributed by atoms with van der Waals surface area (Å²) >= 11 is 0. The van der Waals surface area contributed by atoms with Gasteiger partial charge >= 0.3 is 5.97 Å². The Hall–Kier alpha value is -3.50. The molecule has 3 saturated heterocycles. The summed E-state index contributed by atoms with van der Waals surface area (Å²) < 4.78 is 12.9. The average Bonchev–Trinajstić information content (AvgIpc) is 3.73. The van der Waals surface area contributed by atoms with E-state index in [0.717, 1.165) is 37.7 Å². The number of rotatable bonds is 16. The molecule has 1 aromatic carbocycles. The number of allylic oxidation sites excluding steroid dienone is 1. The van der Waals surface area contributed by atoms with Gasteiger partial charge in [-0.05, 0) is 57.4 Å². The predicted octanol–water partition coefficient (Wildman–Crippen LogP) is 4.24. The molecule has 1 saturated carbocycles. The Morgan fingerprint density at radius 3 is 2.55 bits per heavy atom. The molecule has 0 radical (unpaired) electrons. The van der Waals surface area contributed by atoms with Crippen LogP contribution in [0.5, 0.6) is 0 Å². The van der Waals surface area contributed by atoms with Gasteiger partial charge in [0.25, 0.3) is 0 Å². The average molecular weight is 650 g/mol. The minimum Gasteiger partial charge on any atom is -0.455 e. The van der Waals surface area contributed by atoms with Gasteiger partial charge in [0.05, 0.1) is 24.0 Å². The van der Waals surface area contributed by atoms with Gasteiger partial charge in [0.15, 0.2) is 0 Å². The Balaban J connectivity index is 1.44. The lowest BCUT2D eigenvalue weighted by molar-refractivity contribution is -0.162. The molecule has 4 fully saturated rings. The molecule has 7 atom stereocenters. The van der Waals surface area contributed by atoms with Crippen molar-refractivity contribution in [2.75, 3.05) is 19.7 Å². The molecule has 4 aliphatic rings. The number of hydrogen-bond acceptors (Lipinski definition) is 7. The van der Waals surface area contributed by atoms with Gasteiger partial charge in [-0.1, -0.05) is 61.7 Å². The molecule has 2 N–H and O–H groups in total. The van der Waals surface area contributed by atoms with E-state index in [4.69, 9.17) is 9.47 Å². The Morgan fingerprint density at radius 2 is 1.87 bits per heavy atom. The number of carbonyl (C=O) groups excluding carboxylic acids is 4. The number of aliphatic hydroxyl groups excluding tert-OH is 1. The summed E-state index contributed by atoms with van der Waals surface area (Å²) in [5.74, 6) is -2.90. The van der Waals surface area contributed by atoms with Gasteiger partial charge in [-0.2, -0.15) is 0 Å². The molecule has 3 amide bonds. The molecule has 5 rings (SSSR count). The van der Waals surface area contributed by atoms with Gasteiger partial charge in [-0.25, -0.2) is 0 Å². The van der Waals surface area contributed by atoms with E-state index in [0.29, 0.717) is 38.6 Å². The van der Waals surface area contributed by atoms with E-state index in [2.05, 4.69) is 18.5 Å². The zero-order chi connectivity index (χ0) is 33.6. The van der Waals surface area contributed by atoms with Gasteiger partial charge in [0, 0.05) is 32.2 Å². The maximum Gasteiger partial charge on any atom is 0.313 e. The largest absolute Gasteiger partial charge is 0.455 e. The summed E-state index contributed by atoms with van der Waals surface area (Å²) in [5, 5.41) is 12.5. The summed E-state index contributed by atoms with van der Waals surface area (Å²) in [5.41, 5.74) is -0.414. The Kier molecular flexibility index (Phi) is 11.6. The third kappa shape index (κ3) is 7.04. The summed E-state index contributed by atoms with van der Waals surface area (Å²) in [6.07, 6.45) is 9.96. The van der Waals surface area contributed by atoms with Crippen LogP contribution in [0.4, 0.5) is 0 Å². The number of hydrogen-bond donors (Lipinski definition) is 2. The standard InChI is InChI=1S/C37H51N3O7/c1-4-6-19-29(42)38-25(3)32(26-15-9-7-10-16-26)46-36(45)30-28-20-21-37(47-28)31(30)34(43)40(23-13-14-24-41)33(37)35(44)39(22-5-2)27-17-11-8-12-18-27/h4-5,7,9-10,15-16,25,27-28,30-33,41H,1-2,6,8,11-14,17-24H2,3H3,(H,38,42)/t25-,28-,30+,31+,32-,33-,37+/m0/s1. The van der Waals surface area contributed by atoms with Crippen molar-refractivity contribution in [1.82, 2.24) is 15.1 Å². The van der Waals surface area contributed by atoms with Gasteiger partial charge < -0.3 is 29.7 Å². The van der Waals surface area contributed by atoms with Gasteiger partial charge in [0.2, 0.25) is 17.7 Å². The lowest BCUT2D eigenvalue weighted by atomic mass is 9.70.